The van der Waals surface area contributed by atoms with Crippen molar-refractivity contribution in [2.75, 3.05) is 6.61 Å². The van der Waals surface area contributed by atoms with Gasteiger partial charge in [-0.2, -0.15) is 0 Å². The Hall–Kier alpha value is -2.60. The van der Waals surface area contributed by atoms with Gasteiger partial charge in [-0.3, -0.25) is 4.79 Å². The van der Waals surface area contributed by atoms with Crippen LogP contribution < -0.4 is 4.74 Å². The number of benzene rings is 2. The van der Waals surface area contributed by atoms with Gasteiger partial charge in [0.2, 0.25) is 0 Å². The van der Waals surface area contributed by atoms with E-state index in [0.29, 0.717) is 52.7 Å². The van der Waals surface area contributed by atoms with Gasteiger partial charge in [-0.05, 0) is 83.2 Å². The van der Waals surface area contributed by atoms with Gasteiger partial charge in [-0.25, -0.2) is 4.63 Å². The number of aromatic nitrogens is 2. The summed E-state index contributed by atoms with van der Waals surface area (Å²) in [7, 11) is 0. The minimum atomic E-state index is -1.03. The number of hydrogen-bond acceptors (Lipinski definition) is 5. The van der Waals surface area contributed by atoms with Crippen molar-refractivity contribution >= 4 is 28.6 Å². The van der Waals surface area contributed by atoms with Gasteiger partial charge >= 0.3 is 5.97 Å². The summed E-state index contributed by atoms with van der Waals surface area (Å²) in [5.74, 6) is 0.503. The molecule has 1 heterocycles. The minimum absolute atomic E-state index is 0.210. The molecule has 2 aromatic carbocycles. The zero-order chi connectivity index (χ0) is 22.2. The molecular formula is C24H27ClN2O4. The summed E-state index contributed by atoms with van der Waals surface area (Å²) in [5.41, 5.74) is 2.53. The van der Waals surface area contributed by atoms with Crippen LogP contribution >= 0.6 is 11.6 Å². The van der Waals surface area contributed by atoms with Crippen molar-refractivity contribution in [1.82, 2.24) is 10.3 Å². The van der Waals surface area contributed by atoms with Crippen molar-refractivity contribution in [3.63, 3.8) is 0 Å². The highest BCUT2D eigenvalue weighted by molar-refractivity contribution is 6.32. The lowest BCUT2D eigenvalue weighted by atomic mass is 9.72. The van der Waals surface area contributed by atoms with Crippen LogP contribution in [0.1, 0.15) is 52.0 Å². The van der Waals surface area contributed by atoms with Gasteiger partial charge in [0, 0.05) is 5.56 Å². The SMILES string of the molecule is CCC(CC(C)C)(C(=O)O)c1cc(Cl)c(OCC2CC2)c(-c2ccc3nonc3c2)c1. The molecule has 1 N–H and O–H groups in total. The van der Waals surface area contributed by atoms with E-state index in [-0.39, 0.29) is 5.92 Å². The molecule has 0 aliphatic heterocycles. The minimum Gasteiger partial charge on any atom is -0.491 e. The van der Waals surface area contributed by atoms with Gasteiger partial charge in [-0.1, -0.05) is 38.4 Å². The number of ether oxygens (including phenoxy) is 1. The van der Waals surface area contributed by atoms with E-state index < -0.39 is 11.4 Å². The summed E-state index contributed by atoms with van der Waals surface area (Å²) in [6.07, 6.45) is 3.30. The second-order valence-corrected chi connectivity index (χ2v) is 9.30. The van der Waals surface area contributed by atoms with E-state index in [1.807, 2.05) is 45.0 Å². The number of halogens is 1. The normalized spacial score (nSPS) is 15.9. The largest absolute Gasteiger partial charge is 0.491 e. The van der Waals surface area contributed by atoms with Gasteiger partial charge in [0.1, 0.15) is 16.8 Å². The van der Waals surface area contributed by atoms with Gasteiger partial charge in [0.25, 0.3) is 0 Å². The first-order valence-corrected chi connectivity index (χ1v) is 11.1. The summed E-state index contributed by atoms with van der Waals surface area (Å²) in [6, 6.07) is 9.28. The summed E-state index contributed by atoms with van der Waals surface area (Å²) < 4.78 is 11.0. The van der Waals surface area contributed by atoms with Gasteiger partial charge in [0.15, 0.2) is 0 Å². The Balaban J connectivity index is 1.88. The maximum absolute atomic E-state index is 12.5. The van der Waals surface area contributed by atoms with Crippen molar-refractivity contribution in [1.29, 1.82) is 0 Å². The number of rotatable bonds is 9. The number of fused-ring (bicyclic) bond motifs is 1. The molecule has 0 saturated heterocycles. The second kappa shape index (κ2) is 8.50. The zero-order valence-corrected chi connectivity index (χ0v) is 18.8. The topological polar surface area (TPSA) is 85.5 Å². The van der Waals surface area contributed by atoms with Crippen molar-refractivity contribution in [3.8, 4) is 16.9 Å². The third-order valence-corrected chi connectivity index (χ3v) is 6.37. The van der Waals surface area contributed by atoms with E-state index in [9.17, 15) is 9.90 Å². The molecule has 1 saturated carbocycles. The quantitative estimate of drug-likeness (QED) is 0.430. The lowest BCUT2D eigenvalue weighted by Crippen LogP contribution is -2.36. The highest BCUT2D eigenvalue weighted by Crippen LogP contribution is 2.45. The Kier molecular flexibility index (Phi) is 5.93. The maximum atomic E-state index is 12.5. The number of carbonyl (C=O) groups is 1. The highest BCUT2D eigenvalue weighted by Gasteiger charge is 2.40. The van der Waals surface area contributed by atoms with Crippen LogP contribution in [-0.4, -0.2) is 28.0 Å². The lowest BCUT2D eigenvalue weighted by Gasteiger charge is -2.31. The van der Waals surface area contributed by atoms with E-state index >= 15 is 0 Å². The van der Waals surface area contributed by atoms with Crippen LogP contribution in [0.15, 0.2) is 35.0 Å². The Morgan fingerprint density at radius 3 is 2.65 bits per heavy atom. The van der Waals surface area contributed by atoms with Gasteiger partial charge < -0.3 is 9.84 Å². The third-order valence-electron chi connectivity index (χ3n) is 6.09. The zero-order valence-electron chi connectivity index (χ0n) is 18.0. The van der Waals surface area contributed by atoms with Crippen LogP contribution in [-0.2, 0) is 10.2 Å². The Bertz CT molecular complexity index is 1110. The molecule has 1 unspecified atom stereocenters. The molecule has 1 aromatic heterocycles. The smallest absolute Gasteiger partial charge is 0.314 e. The van der Waals surface area contributed by atoms with E-state index in [2.05, 4.69) is 10.3 Å². The predicted octanol–water partition coefficient (Wildman–Crippen LogP) is 6.11. The predicted molar refractivity (Wildman–Crippen MR) is 120 cm³/mol. The first-order chi connectivity index (χ1) is 14.8. The van der Waals surface area contributed by atoms with Crippen molar-refractivity contribution < 1.29 is 19.3 Å². The molecule has 164 valence electrons. The molecule has 31 heavy (non-hydrogen) atoms. The first kappa shape index (κ1) is 21.6. The van der Waals surface area contributed by atoms with Crippen LogP contribution in [0.25, 0.3) is 22.2 Å². The number of aliphatic carboxylic acids is 1. The summed E-state index contributed by atoms with van der Waals surface area (Å²) in [4.78, 5) is 12.5. The lowest BCUT2D eigenvalue weighted by molar-refractivity contribution is -0.144. The van der Waals surface area contributed by atoms with E-state index in [0.717, 1.165) is 24.0 Å². The maximum Gasteiger partial charge on any atom is 0.314 e. The number of nitrogens with zero attached hydrogens (tertiary/aromatic N) is 2. The average Bonchev–Trinajstić information content (AvgIpc) is 3.44. The molecule has 0 radical (unpaired) electrons. The van der Waals surface area contributed by atoms with Crippen molar-refractivity contribution in [2.45, 2.75) is 51.9 Å². The van der Waals surface area contributed by atoms with Crippen LogP contribution in [0.3, 0.4) is 0 Å². The Morgan fingerprint density at radius 2 is 2.00 bits per heavy atom. The fourth-order valence-electron chi connectivity index (χ4n) is 4.19. The molecule has 4 rings (SSSR count). The number of hydrogen-bond donors (Lipinski definition) is 1. The fraction of sp³-hybridized carbons (Fsp3) is 0.458. The molecule has 0 bridgehead atoms. The standard InChI is InChI=1S/C24H27ClN2O4/c1-4-24(23(28)29,12-14(2)3)17-10-18(16-7-8-20-21(9-16)27-31-26-20)22(19(25)11-17)30-13-15-5-6-15/h7-11,14-15H,4-6,12-13H2,1-3H3,(H,28,29). The summed E-state index contributed by atoms with van der Waals surface area (Å²) >= 11 is 6.73. The van der Waals surface area contributed by atoms with E-state index in [1.54, 1.807) is 6.07 Å². The van der Waals surface area contributed by atoms with Crippen molar-refractivity contribution in [3.05, 3.63) is 40.9 Å². The summed E-state index contributed by atoms with van der Waals surface area (Å²) in [6.45, 7) is 6.58. The third kappa shape index (κ3) is 4.26. The molecule has 1 aliphatic rings. The van der Waals surface area contributed by atoms with Crippen LogP contribution in [0, 0.1) is 11.8 Å². The summed E-state index contributed by atoms with van der Waals surface area (Å²) in [5, 5.41) is 18.5. The molecule has 0 amide bonds. The Labute approximate surface area is 186 Å². The van der Waals surface area contributed by atoms with Crippen molar-refractivity contribution in [2.24, 2.45) is 11.8 Å². The average molecular weight is 443 g/mol. The van der Waals surface area contributed by atoms with Crippen LogP contribution in [0.4, 0.5) is 0 Å². The molecule has 1 fully saturated rings. The molecule has 3 aromatic rings. The number of carboxylic acid groups (broad SMARTS) is 1. The monoisotopic (exact) mass is 442 g/mol. The van der Waals surface area contributed by atoms with Crippen LogP contribution in [0.2, 0.25) is 5.02 Å². The molecule has 1 aliphatic carbocycles. The van der Waals surface area contributed by atoms with Gasteiger partial charge in [0.05, 0.1) is 17.0 Å². The molecule has 6 nitrogen and oxygen atoms in total. The van der Waals surface area contributed by atoms with E-state index in [4.69, 9.17) is 21.0 Å². The highest BCUT2D eigenvalue weighted by atomic mass is 35.5. The fourth-order valence-corrected chi connectivity index (χ4v) is 4.47. The Morgan fingerprint density at radius 1 is 1.26 bits per heavy atom. The van der Waals surface area contributed by atoms with E-state index in [1.165, 1.54) is 0 Å². The molecule has 0 spiro atoms. The first-order valence-electron chi connectivity index (χ1n) is 10.8. The second-order valence-electron chi connectivity index (χ2n) is 8.90. The van der Waals surface area contributed by atoms with Crippen LogP contribution in [0.5, 0.6) is 5.75 Å². The molecule has 7 heteroatoms. The molecular weight excluding hydrogens is 416 g/mol. The number of carboxylic acids is 1. The van der Waals surface area contributed by atoms with Gasteiger partial charge in [-0.15, -0.1) is 0 Å². The molecule has 1 atom stereocenters.